The van der Waals surface area contributed by atoms with Crippen LogP contribution in [0.25, 0.3) is 0 Å². The van der Waals surface area contributed by atoms with Crippen LogP contribution < -0.4 is 5.32 Å². The van der Waals surface area contributed by atoms with Crippen LogP contribution in [0.5, 0.6) is 0 Å². The Morgan fingerprint density at radius 2 is 1.51 bits per heavy atom. The molecule has 7 heteroatoms. The van der Waals surface area contributed by atoms with E-state index < -0.39 is 0 Å². The Balaban J connectivity index is 1.43. The van der Waals surface area contributed by atoms with Crippen molar-refractivity contribution in [3.05, 3.63) is 64.2 Å². The van der Waals surface area contributed by atoms with Gasteiger partial charge in [0.25, 0.3) is 11.8 Å². The third kappa shape index (κ3) is 6.04. The van der Waals surface area contributed by atoms with Gasteiger partial charge in [0.2, 0.25) is 5.91 Å². The van der Waals surface area contributed by atoms with Gasteiger partial charge in [0.15, 0.2) is 0 Å². The van der Waals surface area contributed by atoms with Crippen LogP contribution in [0.3, 0.4) is 0 Å². The number of carbonyl (C=O) groups is 3. The van der Waals surface area contributed by atoms with Crippen LogP contribution in [0.1, 0.15) is 59.4 Å². The van der Waals surface area contributed by atoms with Gasteiger partial charge in [-0.25, -0.2) is 0 Å². The molecule has 2 heterocycles. The molecule has 2 fully saturated rings. The quantitative estimate of drug-likeness (QED) is 0.629. The molecule has 3 unspecified atom stereocenters. The molecule has 2 aromatic carbocycles. The summed E-state index contributed by atoms with van der Waals surface area (Å²) in [7, 11) is 0. The number of rotatable bonds is 4. The number of hydrogen-bond donors (Lipinski definition) is 1. The molecule has 186 valence electrons. The largest absolute Gasteiger partial charge is 0.338 e. The van der Waals surface area contributed by atoms with Crippen molar-refractivity contribution in [3.63, 3.8) is 0 Å². The van der Waals surface area contributed by atoms with Crippen molar-refractivity contribution in [2.45, 2.75) is 40.0 Å². The first-order valence-corrected chi connectivity index (χ1v) is 12.8. The van der Waals surface area contributed by atoms with Crippen molar-refractivity contribution in [2.75, 3.05) is 31.5 Å². The van der Waals surface area contributed by atoms with Crippen LogP contribution in [0.15, 0.2) is 42.5 Å². The van der Waals surface area contributed by atoms with E-state index in [1.54, 1.807) is 35.2 Å². The zero-order chi connectivity index (χ0) is 25.1. The molecule has 2 aliphatic rings. The molecule has 0 spiro atoms. The summed E-state index contributed by atoms with van der Waals surface area (Å²) in [6.45, 7) is 8.81. The topological polar surface area (TPSA) is 69.7 Å². The number of piperidine rings is 2. The first-order chi connectivity index (χ1) is 16.7. The molecule has 35 heavy (non-hydrogen) atoms. The number of anilines is 1. The fourth-order valence-corrected chi connectivity index (χ4v) is 5.41. The summed E-state index contributed by atoms with van der Waals surface area (Å²) >= 11 is 5.94. The number of carbonyl (C=O) groups excluding carboxylic acids is 3. The van der Waals surface area contributed by atoms with Gasteiger partial charge < -0.3 is 15.1 Å². The second-order valence-electron chi connectivity index (χ2n) is 10.3. The van der Waals surface area contributed by atoms with Crippen LogP contribution in [-0.2, 0) is 4.79 Å². The number of nitrogens with one attached hydrogen (secondary N) is 1. The van der Waals surface area contributed by atoms with Gasteiger partial charge in [-0.05, 0) is 80.0 Å². The van der Waals surface area contributed by atoms with Crippen LogP contribution in [0.4, 0.5) is 5.69 Å². The summed E-state index contributed by atoms with van der Waals surface area (Å²) in [5.41, 5.74) is 2.72. The number of aryl methyl sites for hydroxylation is 1. The van der Waals surface area contributed by atoms with E-state index in [2.05, 4.69) is 19.2 Å². The lowest BCUT2D eigenvalue weighted by Gasteiger charge is -2.35. The van der Waals surface area contributed by atoms with Crippen molar-refractivity contribution in [2.24, 2.45) is 17.8 Å². The van der Waals surface area contributed by atoms with E-state index in [-0.39, 0.29) is 23.6 Å². The lowest BCUT2D eigenvalue weighted by atomic mass is 9.91. The lowest BCUT2D eigenvalue weighted by Crippen LogP contribution is -2.44. The van der Waals surface area contributed by atoms with E-state index in [4.69, 9.17) is 11.6 Å². The van der Waals surface area contributed by atoms with Gasteiger partial charge in [-0.3, -0.25) is 14.4 Å². The molecule has 0 radical (unpaired) electrons. The zero-order valence-corrected chi connectivity index (χ0v) is 21.5. The average molecular weight is 496 g/mol. The number of likely N-dealkylation sites (tertiary alicyclic amines) is 2. The fraction of sp³-hybridized carbons (Fsp3) is 0.464. The van der Waals surface area contributed by atoms with E-state index in [1.807, 2.05) is 24.0 Å². The molecule has 2 aromatic rings. The number of halogens is 1. The molecule has 3 amide bonds. The van der Waals surface area contributed by atoms with Gasteiger partial charge in [-0.2, -0.15) is 0 Å². The van der Waals surface area contributed by atoms with Gasteiger partial charge in [-0.1, -0.05) is 31.5 Å². The van der Waals surface area contributed by atoms with Crippen molar-refractivity contribution in [1.82, 2.24) is 9.80 Å². The first kappa shape index (κ1) is 25.2. The molecule has 4 rings (SSSR count). The Kier molecular flexibility index (Phi) is 7.80. The van der Waals surface area contributed by atoms with Gasteiger partial charge in [0.1, 0.15) is 0 Å². The number of nitrogens with zero attached hydrogens (tertiary/aromatic N) is 2. The molecule has 3 atom stereocenters. The predicted molar refractivity (Wildman–Crippen MR) is 139 cm³/mol. The summed E-state index contributed by atoms with van der Waals surface area (Å²) in [6.07, 6.45) is 2.62. The maximum atomic E-state index is 13.2. The van der Waals surface area contributed by atoms with Crippen LogP contribution >= 0.6 is 11.6 Å². The Hall–Kier alpha value is -2.86. The molecule has 6 nitrogen and oxygen atoms in total. The Morgan fingerprint density at radius 3 is 2.20 bits per heavy atom. The molecule has 0 bridgehead atoms. The molecule has 0 aliphatic carbocycles. The van der Waals surface area contributed by atoms with Crippen molar-refractivity contribution >= 4 is 35.0 Å². The smallest absolute Gasteiger partial charge is 0.253 e. The first-order valence-electron chi connectivity index (χ1n) is 12.5. The summed E-state index contributed by atoms with van der Waals surface area (Å²) < 4.78 is 0. The van der Waals surface area contributed by atoms with E-state index >= 15 is 0 Å². The zero-order valence-electron chi connectivity index (χ0n) is 20.7. The van der Waals surface area contributed by atoms with E-state index in [9.17, 15) is 14.4 Å². The molecule has 2 aliphatic heterocycles. The van der Waals surface area contributed by atoms with Crippen molar-refractivity contribution in [3.8, 4) is 0 Å². The number of benzene rings is 2. The molecule has 2 saturated heterocycles. The highest BCUT2D eigenvalue weighted by Gasteiger charge is 2.30. The monoisotopic (exact) mass is 495 g/mol. The summed E-state index contributed by atoms with van der Waals surface area (Å²) in [4.78, 5) is 42.9. The Labute approximate surface area is 212 Å². The second kappa shape index (κ2) is 10.8. The van der Waals surface area contributed by atoms with Gasteiger partial charge in [0.05, 0.1) is 5.92 Å². The molecule has 1 N–H and O–H groups in total. The summed E-state index contributed by atoms with van der Waals surface area (Å²) in [5.74, 6) is 0.465. The summed E-state index contributed by atoms with van der Waals surface area (Å²) in [6, 6.07) is 12.3. The molecular formula is C28H34ClN3O3. The minimum absolute atomic E-state index is 0.0105. The fourth-order valence-electron chi connectivity index (χ4n) is 5.29. The van der Waals surface area contributed by atoms with Crippen LogP contribution in [0, 0.1) is 24.7 Å². The van der Waals surface area contributed by atoms with Crippen molar-refractivity contribution in [1.29, 1.82) is 0 Å². The third-order valence-corrected chi connectivity index (χ3v) is 7.32. The van der Waals surface area contributed by atoms with E-state index in [0.717, 1.165) is 37.9 Å². The van der Waals surface area contributed by atoms with Gasteiger partial charge in [0, 0.05) is 48.0 Å². The minimum Gasteiger partial charge on any atom is -0.338 e. The maximum absolute atomic E-state index is 13.2. The van der Waals surface area contributed by atoms with E-state index in [1.165, 1.54) is 0 Å². The Bertz CT molecular complexity index is 1090. The van der Waals surface area contributed by atoms with Gasteiger partial charge >= 0.3 is 0 Å². The maximum Gasteiger partial charge on any atom is 0.253 e. The average Bonchev–Trinajstić information content (AvgIpc) is 2.84. The second-order valence-corrected chi connectivity index (χ2v) is 10.7. The number of hydrogen-bond acceptors (Lipinski definition) is 3. The SMILES string of the molecule is Cc1ccc(C(=O)N2CC(C)CC(C)C2)cc1NC(=O)C1CCCN(C(=O)c2ccc(Cl)cc2)C1. The highest BCUT2D eigenvalue weighted by Crippen LogP contribution is 2.26. The number of amides is 3. The van der Waals surface area contributed by atoms with E-state index in [0.29, 0.717) is 46.8 Å². The minimum atomic E-state index is -0.303. The van der Waals surface area contributed by atoms with Crippen LogP contribution in [-0.4, -0.2) is 53.7 Å². The highest BCUT2D eigenvalue weighted by molar-refractivity contribution is 6.30. The predicted octanol–water partition coefficient (Wildman–Crippen LogP) is 5.26. The normalized spacial score (nSPS) is 22.6. The molecule has 0 aromatic heterocycles. The standard InChI is InChI=1S/C28H34ClN3O3/c1-18-13-19(2)16-32(15-18)28(35)22-7-6-20(3)25(14-22)30-26(33)23-5-4-12-31(17-23)27(34)21-8-10-24(29)11-9-21/h6-11,14,18-19,23H,4-5,12-13,15-17H2,1-3H3,(H,30,33). The lowest BCUT2D eigenvalue weighted by molar-refractivity contribution is -0.121. The van der Waals surface area contributed by atoms with Crippen LogP contribution in [0.2, 0.25) is 5.02 Å². The Morgan fingerprint density at radius 1 is 0.886 bits per heavy atom. The molecule has 0 saturated carbocycles. The van der Waals surface area contributed by atoms with Crippen molar-refractivity contribution < 1.29 is 14.4 Å². The van der Waals surface area contributed by atoms with Gasteiger partial charge in [-0.15, -0.1) is 0 Å². The molecular weight excluding hydrogens is 462 g/mol. The summed E-state index contributed by atoms with van der Waals surface area (Å²) in [5, 5.41) is 3.62. The third-order valence-electron chi connectivity index (χ3n) is 7.07. The highest BCUT2D eigenvalue weighted by atomic mass is 35.5.